The van der Waals surface area contributed by atoms with Gasteiger partial charge in [0.15, 0.2) is 0 Å². The topological polar surface area (TPSA) is 0 Å². The summed E-state index contributed by atoms with van der Waals surface area (Å²) in [6.45, 7) is 0. The summed E-state index contributed by atoms with van der Waals surface area (Å²) in [5.41, 5.74) is 4.12. The number of fused-ring (bicyclic) bond motifs is 6. The van der Waals surface area contributed by atoms with Crippen molar-refractivity contribution in [3.63, 3.8) is 0 Å². The Morgan fingerprint density at radius 3 is 1.33 bits per heavy atom. The fourth-order valence-electron chi connectivity index (χ4n) is 9.34. The molecule has 0 radical (unpaired) electrons. The van der Waals surface area contributed by atoms with Crippen LogP contribution in [0, 0.1) is 53.3 Å². The van der Waals surface area contributed by atoms with Crippen LogP contribution < -0.4 is 0 Å². The predicted molar refractivity (Wildman–Crippen MR) is 165 cm³/mol. The molecule has 0 N–H and O–H groups in total. The van der Waals surface area contributed by atoms with Crippen molar-refractivity contribution in [1.29, 1.82) is 0 Å². The van der Waals surface area contributed by atoms with Gasteiger partial charge in [0.1, 0.15) is 0 Å². The molecule has 0 heterocycles. The zero-order valence-corrected chi connectivity index (χ0v) is 23.8. The van der Waals surface area contributed by atoms with E-state index in [1.54, 1.807) is 0 Å². The van der Waals surface area contributed by atoms with Crippen molar-refractivity contribution >= 4 is 0 Å². The summed E-state index contributed by atoms with van der Waals surface area (Å²) < 4.78 is 0. The lowest BCUT2D eigenvalue weighted by Crippen LogP contribution is -2.09. The molecule has 3 fully saturated rings. The third-order valence-electron chi connectivity index (χ3n) is 11.5. The van der Waals surface area contributed by atoms with Crippen LogP contribution in [0.15, 0.2) is 91.1 Å². The first-order valence-corrected chi connectivity index (χ1v) is 16.5. The van der Waals surface area contributed by atoms with E-state index >= 15 is 0 Å². The Morgan fingerprint density at radius 2 is 0.897 bits per heavy atom. The molecule has 2 aromatic carbocycles. The smallest absolute Gasteiger partial charge is 0.0184 e. The third kappa shape index (κ3) is 5.91. The fourth-order valence-corrected chi connectivity index (χ4v) is 9.34. The van der Waals surface area contributed by atoms with E-state index in [1.807, 2.05) is 0 Å². The Bertz CT molecular complexity index is 1130. The van der Waals surface area contributed by atoms with Crippen LogP contribution in [0.25, 0.3) is 11.1 Å². The molecule has 2 aromatic rings. The Labute approximate surface area is 237 Å². The van der Waals surface area contributed by atoms with Gasteiger partial charge in [-0.25, -0.2) is 0 Å². The van der Waals surface area contributed by atoms with Gasteiger partial charge in [-0.15, -0.1) is 0 Å². The van der Waals surface area contributed by atoms with Crippen LogP contribution in [0.3, 0.4) is 0 Å². The zero-order valence-electron chi connectivity index (χ0n) is 23.8. The molecule has 0 heteroatoms. The summed E-state index contributed by atoms with van der Waals surface area (Å²) in [5, 5.41) is 0. The minimum atomic E-state index is 0.888. The first-order chi connectivity index (χ1) is 19.3. The number of hydrogen-bond acceptors (Lipinski definition) is 0. The molecule has 6 aliphatic rings. The van der Waals surface area contributed by atoms with Gasteiger partial charge in [0, 0.05) is 0 Å². The zero-order chi connectivity index (χ0) is 26.0. The number of unbranched alkanes of at least 4 members (excludes halogenated alkanes) is 1. The summed E-state index contributed by atoms with van der Waals surface area (Å²) in [7, 11) is 0. The molecule has 0 aromatic heterocycles. The lowest BCUT2D eigenvalue weighted by atomic mass is 9.85. The van der Waals surface area contributed by atoms with Gasteiger partial charge >= 0.3 is 0 Å². The number of aryl methyl sites for hydroxylation is 1. The maximum absolute atomic E-state index is 2.51. The fraction of sp³-hybridized carbons (Fsp3) is 0.538. The number of allylic oxidation sites excluding steroid dienone is 6. The van der Waals surface area contributed by atoms with E-state index < -0.39 is 0 Å². The van der Waals surface area contributed by atoms with Gasteiger partial charge in [-0.3, -0.25) is 0 Å². The molecule has 9 atom stereocenters. The summed E-state index contributed by atoms with van der Waals surface area (Å²) in [6, 6.07) is 19.8. The molecule has 6 bridgehead atoms. The first kappa shape index (κ1) is 25.6. The summed E-state index contributed by atoms with van der Waals surface area (Å²) in [6.07, 6.45) is 32.4. The molecular formula is C39H48. The van der Waals surface area contributed by atoms with Crippen LogP contribution >= 0.6 is 0 Å². The molecule has 0 spiro atoms. The third-order valence-corrected chi connectivity index (χ3v) is 11.5. The Kier molecular flexibility index (Phi) is 7.65. The molecule has 3 saturated carbocycles. The maximum Gasteiger partial charge on any atom is -0.0184 e. The van der Waals surface area contributed by atoms with Gasteiger partial charge in [0.05, 0.1) is 0 Å². The SMILES string of the molecule is C1=CC2CC1CC2CCCCC1CC2C=CC1C2.C1=CC2CC1CC2CCc1ccc(-c2ccccc2)cc1. The number of benzene rings is 2. The van der Waals surface area contributed by atoms with Gasteiger partial charge in [-0.2, -0.15) is 0 Å². The highest BCUT2D eigenvalue weighted by atomic mass is 14.4. The van der Waals surface area contributed by atoms with Crippen molar-refractivity contribution in [2.45, 2.75) is 77.0 Å². The van der Waals surface area contributed by atoms with Crippen molar-refractivity contribution in [2.24, 2.45) is 53.3 Å². The van der Waals surface area contributed by atoms with E-state index in [1.165, 1.54) is 93.7 Å². The lowest BCUT2D eigenvalue weighted by Gasteiger charge is -2.20. The molecule has 9 unspecified atom stereocenters. The summed E-state index contributed by atoms with van der Waals surface area (Å²) >= 11 is 0. The van der Waals surface area contributed by atoms with Gasteiger partial charge < -0.3 is 0 Å². The first-order valence-electron chi connectivity index (χ1n) is 16.5. The van der Waals surface area contributed by atoms with E-state index in [-0.39, 0.29) is 0 Å². The summed E-state index contributed by atoms with van der Waals surface area (Å²) in [4.78, 5) is 0. The van der Waals surface area contributed by atoms with Crippen molar-refractivity contribution in [1.82, 2.24) is 0 Å². The molecule has 0 aliphatic heterocycles. The average molecular weight is 517 g/mol. The second kappa shape index (κ2) is 11.6. The van der Waals surface area contributed by atoms with E-state index in [9.17, 15) is 0 Å². The molecule has 8 rings (SSSR count). The van der Waals surface area contributed by atoms with Crippen molar-refractivity contribution < 1.29 is 0 Å². The highest BCUT2D eigenvalue weighted by Gasteiger charge is 2.37. The predicted octanol–water partition coefficient (Wildman–Crippen LogP) is 10.5. The second-order valence-corrected chi connectivity index (χ2v) is 14.0. The Morgan fingerprint density at radius 1 is 0.436 bits per heavy atom. The number of hydrogen-bond donors (Lipinski definition) is 0. The highest BCUT2D eigenvalue weighted by molar-refractivity contribution is 5.63. The quantitative estimate of drug-likeness (QED) is 0.230. The summed E-state index contributed by atoms with van der Waals surface area (Å²) in [5.74, 6) is 8.72. The normalized spacial score (nSPS) is 36.2. The standard InChI is InChI=1S/C21H22.C18H26/c1-2-4-18(5-3-1)19-10-6-16(7-11-19)8-12-20-14-17-9-13-21(20)15-17;1(3-15-9-13-5-7-17(15)11-13)2-4-16-10-14-6-8-18(16)12-14/h1-7,9-11,13,17,20-21H,8,12,14-15H2;5-8,13-18H,1-4,9-12H2. The molecule has 0 saturated heterocycles. The monoisotopic (exact) mass is 516 g/mol. The van der Waals surface area contributed by atoms with Crippen LogP contribution in [0.1, 0.15) is 76.2 Å². The van der Waals surface area contributed by atoms with Crippen LogP contribution in [0.5, 0.6) is 0 Å². The van der Waals surface area contributed by atoms with Crippen molar-refractivity contribution in [2.75, 3.05) is 0 Å². The maximum atomic E-state index is 2.51. The van der Waals surface area contributed by atoms with E-state index in [0.717, 1.165) is 53.3 Å². The van der Waals surface area contributed by atoms with Crippen molar-refractivity contribution in [3.8, 4) is 11.1 Å². The molecule has 0 amide bonds. The van der Waals surface area contributed by atoms with Gasteiger partial charge in [0.25, 0.3) is 0 Å². The van der Waals surface area contributed by atoms with Crippen molar-refractivity contribution in [3.05, 3.63) is 96.6 Å². The van der Waals surface area contributed by atoms with Gasteiger partial charge in [-0.1, -0.05) is 104 Å². The molecular weight excluding hydrogens is 468 g/mol. The van der Waals surface area contributed by atoms with Crippen LogP contribution in [-0.2, 0) is 6.42 Å². The Hall–Kier alpha value is -2.34. The molecule has 0 nitrogen and oxygen atoms in total. The van der Waals surface area contributed by atoms with E-state index in [4.69, 9.17) is 0 Å². The Balaban J connectivity index is 0.000000131. The molecule has 204 valence electrons. The van der Waals surface area contributed by atoms with Crippen LogP contribution in [-0.4, -0.2) is 0 Å². The largest absolute Gasteiger partial charge is 0.0851 e. The number of rotatable bonds is 9. The highest BCUT2D eigenvalue weighted by Crippen LogP contribution is 2.48. The van der Waals surface area contributed by atoms with Gasteiger partial charge in [-0.05, 0) is 134 Å². The molecule has 6 aliphatic carbocycles. The second-order valence-electron chi connectivity index (χ2n) is 14.0. The van der Waals surface area contributed by atoms with Crippen LogP contribution in [0.4, 0.5) is 0 Å². The minimum Gasteiger partial charge on any atom is -0.0851 e. The van der Waals surface area contributed by atoms with E-state index in [2.05, 4.69) is 91.1 Å². The van der Waals surface area contributed by atoms with Gasteiger partial charge in [0.2, 0.25) is 0 Å². The van der Waals surface area contributed by atoms with E-state index in [0.29, 0.717) is 0 Å². The minimum absolute atomic E-state index is 0.888. The van der Waals surface area contributed by atoms with Crippen LogP contribution in [0.2, 0.25) is 0 Å². The average Bonchev–Trinajstić information content (AvgIpc) is 3.84. The lowest BCUT2D eigenvalue weighted by molar-refractivity contribution is 0.360. The molecule has 39 heavy (non-hydrogen) atoms.